The van der Waals surface area contributed by atoms with Gasteiger partial charge >= 0.3 is 0 Å². The Kier molecular flexibility index (Phi) is 6.26. The van der Waals surface area contributed by atoms with Crippen molar-refractivity contribution >= 4 is 56.6 Å². The molecule has 3 heterocycles. The van der Waals surface area contributed by atoms with E-state index in [2.05, 4.69) is 24.5 Å². The smallest absolute Gasteiger partial charge is 0.270 e. The number of aromatic nitrogens is 3. The molecule has 0 radical (unpaired) electrons. The molecule has 1 aliphatic heterocycles. The zero-order valence-electron chi connectivity index (χ0n) is 18.0. The minimum atomic E-state index is -3.86. The van der Waals surface area contributed by atoms with E-state index in [1.165, 1.54) is 12.1 Å². The predicted octanol–water partition coefficient (Wildman–Crippen LogP) is 3.99. The first-order chi connectivity index (χ1) is 16.4. The Morgan fingerprint density at radius 1 is 1.03 bits per heavy atom. The number of fused-ring (bicyclic) bond motifs is 1. The van der Waals surface area contributed by atoms with Gasteiger partial charge in [-0.05, 0) is 42.5 Å². The Bertz CT molecular complexity index is 1480. The highest BCUT2D eigenvalue weighted by Crippen LogP contribution is 2.27. The van der Waals surface area contributed by atoms with Gasteiger partial charge in [0.25, 0.3) is 14.9 Å². The van der Waals surface area contributed by atoms with Crippen molar-refractivity contribution in [2.75, 3.05) is 35.8 Å². The fourth-order valence-corrected chi connectivity index (χ4v) is 5.42. The van der Waals surface area contributed by atoms with Gasteiger partial charge in [0.15, 0.2) is 5.58 Å². The van der Waals surface area contributed by atoms with Crippen LogP contribution in [-0.4, -0.2) is 54.0 Å². The van der Waals surface area contributed by atoms with E-state index in [1.807, 2.05) is 4.57 Å². The van der Waals surface area contributed by atoms with Crippen LogP contribution >= 0.6 is 23.8 Å². The van der Waals surface area contributed by atoms with Gasteiger partial charge in [0, 0.05) is 44.6 Å². The molecule has 0 amide bonds. The molecule has 0 unspecified atom stereocenters. The minimum absolute atomic E-state index is 0.0623. The van der Waals surface area contributed by atoms with E-state index in [0.717, 1.165) is 37.6 Å². The molecule has 1 N–H and O–H groups in total. The van der Waals surface area contributed by atoms with Crippen LogP contribution in [-0.2, 0) is 16.7 Å². The molecule has 1 aliphatic rings. The largest absolute Gasteiger partial charge is 0.429 e. The highest BCUT2D eigenvalue weighted by molar-refractivity contribution is 7.92. The molecule has 0 bridgehead atoms. The number of halogens is 1. The number of benzene rings is 2. The molecular weight excluding hydrogens is 496 g/mol. The molecule has 2 aromatic carbocycles. The van der Waals surface area contributed by atoms with Crippen LogP contribution in [0.3, 0.4) is 0 Å². The highest BCUT2D eigenvalue weighted by atomic mass is 35.5. The molecule has 12 heteroatoms. The normalized spacial score (nSPS) is 15.0. The van der Waals surface area contributed by atoms with Gasteiger partial charge in [0.1, 0.15) is 0 Å². The van der Waals surface area contributed by atoms with Crippen LogP contribution in [0, 0.1) is 4.84 Å². The van der Waals surface area contributed by atoms with Crippen molar-refractivity contribution in [2.24, 2.45) is 0 Å². The number of piperazine rings is 1. The minimum Gasteiger partial charge on any atom is -0.429 e. The Morgan fingerprint density at radius 3 is 2.50 bits per heavy atom. The Balaban J connectivity index is 1.33. The van der Waals surface area contributed by atoms with Gasteiger partial charge in [-0.3, -0.25) is 14.2 Å². The van der Waals surface area contributed by atoms with Gasteiger partial charge in [-0.1, -0.05) is 23.7 Å². The van der Waals surface area contributed by atoms with Crippen LogP contribution in [0.25, 0.3) is 11.1 Å². The maximum absolute atomic E-state index is 12.9. The lowest BCUT2D eigenvalue weighted by Crippen LogP contribution is -2.47. The Labute approximate surface area is 206 Å². The van der Waals surface area contributed by atoms with Crippen LogP contribution < -0.4 is 9.62 Å². The zero-order valence-corrected chi connectivity index (χ0v) is 20.4. The first-order valence-electron chi connectivity index (χ1n) is 10.6. The summed E-state index contributed by atoms with van der Waals surface area (Å²) in [5.41, 5.74) is 1.45. The van der Waals surface area contributed by atoms with Crippen molar-refractivity contribution in [3.63, 3.8) is 0 Å². The third-order valence-corrected chi connectivity index (χ3v) is 7.61. The van der Waals surface area contributed by atoms with Gasteiger partial charge in [-0.2, -0.15) is 0 Å². The summed E-state index contributed by atoms with van der Waals surface area (Å²) in [6.07, 6.45) is 3.48. The molecule has 1 saturated heterocycles. The fourth-order valence-electron chi connectivity index (χ4n) is 3.84. The number of hydrogen-bond acceptors (Lipinski definition) is 8. The molecule has 0 spiro atoms. The van der Waals surface area contributed by atoms with Gasteiger partial charge < -0.3 is 9.32 Å². The second kappa shape index (κ2) is 9.34. The van der Waals surface area contributed by atoms with Crippen LogP contribution in [0.1, 0.15) is 0 Å². The molecule has 176 valence electrons. The second-order valence-electron chi connectivity index (χ2n) is 7.81. The van der Waals surface area contributed by atoms with Crippen molar-refractivity contribution < 1.29 is 12.8 Å². The first-order valence-corrected chi connectivity index (χ1v) is 12.8. The summed E-state index contributed by atoms with van der Waals surface area (Å²) in [6.45, 7) is 3.74. The lowest BCUT2D eigenvalue weighted by Gasteiger charge is -2.34. The number of anilines is 2. The maximum atomic E-state index is 12.9. The van der Waals surface area contributed by atoms with Gasteiger partial charge in [0.05, 0.1) is 27.8 Å². The average Bonchev–Trinajstić information content (AvgIpc) is 3.15. The summed E-state index contributed by atoms with van der Waals surface area (Å²) in [7, 11) is -3.86. The van der Waals surface area contributed by atoms with Gasteiger partial charge in [-0.15, -0.1) is 0 Å². The molecular formula is C22H21ClN6O3S2. The maximum Gasteiger partial charge on any atom is 0.270 e. The van der Waals surface area contributed by atoms with Crippen LogP contribution in [0.5, 0.6) is 0 Å². The third kappa shape index (κ3) is 4.64. The molecule has 1 fully saturated rings. The number of sulfonamides is 1. The molecule has 2 aromatic heterocycles. The topological polar surface area (TPSA) is 96.5 Å². The van der Waals surface area contributed by atoms with Crippen molar-refractivity contribution in [1.29, 1.82) is 0 Å². The second-order valence-corrected chi connectivity index (χ2v) is 10.2. The zero-order chi connectivity index (χ0) is 23.7. The number of rotatable bonds is 6. The standard InChI is InChI=1S/C22H21ClN6O3S2/c23-17-4-1-2-5-18(17)26-34(30,31)16-6-7-19-20(14-16)32-22(33)29(19)15-27-10-12-28(13-11-27)21-24-8-3-9-25-21/h1-9,14,26H,10-13,15H2. The van der Waals surface area contributed by atoms with E-state index >= 15 is 0 Å². The van der Waals surface area contributed by atoms with Crippen LogP contribution in [0.15, 0.2) is 70.2 Å². The van der Waals surface area contributed by atoms with Crippen molar-refractivity contribution in [2.45, 2.75) is 11.6 Å². The number of para-hydroxylation sites is 1. The lowest BCUT2D eigenvalue weighted by atomic mass is 10.3. The van der Waals surface area contributed by atoms with Gasteiger partial charge in [0.2, 0.25) is 5.95 Å². The molecule has 0 atom stereocenters. The fraction of sp³-hybridized carbons (Fsp3) is 0.227. The monoisotopic (exact) mass is 516 g/mol. The van der Waals surface area contributed by atoms with E-state index in [9.17, 15) is 8.42 Å². The van der Waals surface area contributed by atoms with E-state index in [4.69, 9.17) is 28.2 Å². The molecule has 9 nitrogen and oxygen atoms in total. The van der Waals surface area contributed by atoms with Crippen LogP contribution in [0.4, 0.5) is 11.6 Å². The summed E-state index contributed by atoms with van der Waals surface area (Å²) < 4.78 is 35.9. The number of oxazole rings is 1. The van der Waals surface area contributed by atoms with E-state index in [0.29, 0.717) is 23.0 Å². The Hall–Kier alpha value is -2.99. The van der Waals surface area contributed by atoms with E-state index in [-0.39, 0.29) is 9.73 Å². The summed E-state index contributed by atoms with van der Waals surface area (Å²) >= 11 is 11.5. The van der Waals surface area contributed by atoms with Crippen molar-refractivity contribution in [1.82, 2.24) is 19.4 Å². The summed E-state index contributed by atoms with van der Waals surface area (Å²) in [4.78, 5) is 13.4. The highest BCUT2D eigenvalue weighted by Gasteiger charge is 2.22. The summed E-state index contributed by atoms with van der Waals surface area (Å²) in [5.74, 6) is 0.728. The third-order valence-electron chi connectivity index (χ3n) is 5.62. The number of nitrogens with one attached hydrogen (secondary N) is 1. The predicted molar refractivity (Wildman–Crippen MR) is 133 cm³/mol. The average molecular weight is 517 g/mol. The summed E-state index contributed by atoms with van der Waals surface area (Å²) in [6, 6.07) is 13.2. The van der Waals surface area contributed by atoms with E-state index < -0.39 is 10.0 Å². The van der Waals surface area contributed by atoms with Crippen molar-refractivity contribution in [3.05, 3.63) is 70.8 Å². The molecule has 0 aliphatic carbocycles. The van der Waals surface area contributed by atoms with E-state index in [1.54, 1.807) is 48.8 Å². The van der Waals surface area contributed by atoms with Crippen molar-refractivity contribution in [3.8, 4) is 0 Å². The molecule has 34 heavy (non-hydrogen) atoms. The Morgan fingerprint density at radius 2 is 1.76 bits per heavy atom. The molecule has 4 aromatic rings. The molecule has 5 rings (SSSR count). The van der Waals surface area contributed by atoms with Gasteiger partial charge in [-0.25, -0.2) is 18.4 Å². The quantitative estimate of drug-likeness (QED) is 0.384. The first kappa shape index (κ1) is 22.8. The van der Waals surface area contributed by atoms with Crippen LogP contribution in [0.2, 0.25) is 5.02 Å². The number of nitrogens with zero attached hydrogens (tertiary/aromatic N) is 5. The SMILES string of the molecule is O=S(=O)(Nc1ccccc1Cl)c1ccc2c(c1)oc(=S)n2CN1CCN(c2ncccn2)CC1. The number of hydrogen-bond donors (Lipinski definition) is 1. The summed E-state index contributed by atoms with van der Waals surface area (Å²) in [5, 5.41) is 0.315. The lowest BCUT2D eigenvalue weighted by molar-refractivity contribution is 0.203. The molecule has 0 saturated carbocycles.